The second-order valence-electron chi connectivity index (χ2n) is 0.830. The number of hydrogen-bond donors (Lipinski definition) is 1. The molecule has 0 aromatic heterocycles. The maximum absolute atomic E-state index is 9.94. The van der Waals surface area contributed by atoms with Gasteiger partial charge in [-0.05, 0) is 0 Å². The van der Waals surface area contributed by atoms with Crippen molar-refractivity contribution in [2.75, 3.05) is 0 Å². The van der Waals surface area contributed by atoms with Gasteiger partial charge in [-0.2, -0.15) is 0 Å². The summed E-state index contributed by atoms with van der Waals surface area (Å²) in [7, 11) is 0. The zero-order valence-electron chi connectivity index (χ0n) is 3.31. The molecule has 6 heavy (non-hydrogen) atoms. The van der Waals surface area contributed by atoms with E-state index in [4.69, 9.17) is 5.84 Å². The highest BCUT2D eigenvalue weighted by molar-refractivity contribution is 14.1. The van der Waals surface area contributed by atoms with Gasteiger partial charge in [-0.15, -0.1) is 0 Å². The van der Waals surface area contributed by atoms with Crippen LogP contribution in [0.4, 0.5) is 0 Å². The Morgan fingerprint density at radius 1 is 2.00 bits per heavy atom. The molecule has 0 aliphatic carbocycles. The molecule has 0 unspecified atom stereocenters. The van der Waals surface area contributed by atoms with Crippen LogP contribution in [0.3, 0.4) is 0 Å². The van der Waals surface area contributed by atoms with Crippen molar-refractivity contribution in [1.82, 2.24) is 3.22 Å². The third-order valence-corrected chi connectivity index (χ3v) is 0.980. The number of nitrogens with zero attached hydrogens (tertiary/aromatic N) is 1. The molecule has 0 rings (SSSR count). The molecule has 0 radical (unpaired) electrons. The molecule has 0 fully saturated rings. The summed E-state index contributed by atoms with van der Waals surface area (Å²) in [5.74, 6) is 4.76. The van der Waals surface area contributed by atoms with E-state index >= 15 is 0 Å². The first-order chi connectivity index (χ1) is 2.64. The second kappa shape index (κ2) is 2.35. The molecule has 0 saturated heterocycles. The van der Waals surface area contributed by atoms with Gasteiger partial charge in [-0.1, -0.05) is 0 Å². The van der Waals surface area contributed by atoms with Gasteiger partial charge < -0.3 is 0 Å². The van der Waals surface area contributed by atoms with Crippen molar-refractivity contribution in [2.45, 2.75) is 6.92 Å². The van der Waals surface area contributed by atoms with Crippen molar-refractivity contribution in [3.8, 4) is 0 Å². The fraction of sp³-hybridized carbons (Fsp3) is 0.500. The monoisotopic (exact) mass is 200 g/mol. The standard InChI is InChI=1S/C2H5IN2O/c1-2(6)5(3)4/h4H2,1H3. The van der Waals surface area contributed by atoms with E-state index in [1.54, 1.807) is 22.9 Å². The Morgan fingerprint density at radius 3 is 2.17 bits per heavy atom. The van der Waals surface area contributed by atoms with E-state index in [0.717, 1.165) is 3.22 Å². The first kappa shape index (κ1) is 6.16. The van der Waals surface area contributed by atoms with E-state index in [-0.39, 0.29) is 5.91 Å². The molecule has 0 bridgehead atoms. The van der Waals surface area contributed by atoms with Gasteiger partial charge >= 0.3 is 0 Å². The Balaban J connectivity index is 3.26. The smallest absolute Gasteiger partial charge is 0.242 e. The van der Waals surface area contributed by atoms with Crippen LogP contribution in [0.15, 0.2) is 0 Å². The topological polar surface area (TPSA) is 46.3 Å². The minimum atomic E-state index is -0.143. The second-order valence-corrected chi connectivity index (χ2v) is 1.87. The van der Waals surface area contributed by atoms with Gasteiger partial charge in [0.2, 0.25) is 5.91 Å². The van der Waals surface area contributed by atoms with Gasteiger partial charge in [0, 0.05) is 6.92 Å². The zero-order chi connectivity index (χ0) is 5.15. The Bertz CT molecular complexity index is 62.6. The highest BCUT2D eigenvalue weighted by Crippen LogP contribution is 1.85. The predicted octanol–water partition coefficient (Wildman–Crippen LogP) is 0.0586. The molecule has 0 atom stereocenters. The number of nitrogens with two attached hydrogens (primary N) is 1. The molecule has 0 aromatic rings. The number of halogens is 1. The van der Waals surface area contributed by atoms with Crippen molar-refractivity contribution in [3.63, 3.8) is 0 Å². The first-order valence-corrected chi connectivity index (χ1v) is 2.32. The van der Waals surface area contributed by atoms with Gasteiger partial charge in [-0.3, -0.25) is 4.79 Å². The Labute approximate surface area is 50.0 Å². The molecular formula is C2H5IN2O. The quantitative estimate of drug-likeness (QED) is 0.197. The molecule has 4 heteroatoms. The van der Waals surface area contributed by atoms with Gasteiger partial charge in [0.25, 0.3) is 0 Å². The molecule has 0 spiro atoms. The van der Waals surface area contributed by atoms with Gasteiger partial charge in [-0.25, -0.2) is 9.06 Å². The summed E-state index contributed by atoms with van der Waals surface area (Å²) in [4.78, 5) is 9.94. The highest BCUT2D eigenvalue weighted by atomic mass is 127. The van der Waals surface area contributed by atoms with E-state index in [2.05, 4.69) is 0 Å². The van der Waals surface area contributed by atoms with Crippen molar-refractivity contribution in [2.24, 2.45) is 5.84 Å². The van der Waals surface area contributed by atoms with Crippen LogP contribution in [0.5, 0.6) is 0 Å². The number of amides is 1. The minimum Gasteiger partial charge on any atom is -0.273 e. The lowest BCUT2D eigenvalue weighted by Gasteiger charge is -1.98. The van der Waals surface area contributed by atoms with Crippen LogP contribution in [0.2, 0.25) is 0 Å². The van der Waals surface area contributed by atoms with Crippen LogP contribution in [0.25, 0.3) is 0 Å². The summed E-state index contributed by atoms with van der Waals surface area (Å²) >= 11 is 1.69. The van der Waals surface area contributed by atoms with Crippen LogP contribution >= 0.6 is 22.9 Å². The number of rotatable bonds is 0. The van der Waals surface area contributed by atoms with Gasteiger partial charge in [0.15, 0.2) is 0 Å². The molecule has 0 heterocycles. The van der Waals surface area contributed by atoms with Crippen LogP contribution in [-0.4, -0.2) is 9.13 Å². The van der Waals surface area contributed by atoms with Crippen molar-refractivity contribution < 1.29 is 4.79 Å². The van der Waals surface area contributed by atoms with E-state index in [1.165, 1.54) is 6.92 Å². The van der Waals surface area contributed by atoms with Gasteiger partial charge in [0.1, 0.15) is 0 Å². The molecule has 0 saturated carbocycles. The average Bonchev–Trinajstić information content (AvgIpc) is 1.36. The number of carbonyl (C=O) groups is 1. The molecule has 3 nitrogen and oxygen atoms in total. The fourth-order valence-electron chi connectivity index (χ4n) is 0. The minimum absolute atomic E-state index is 0.143. The first-order valence-electron chi connectivity index (χ1n) is 1.35. The van der Waals surface area contributed by atoms with E-state index in [9.17, 15) is 4.79 Å². The lowest BCUT2D eigenvalue weighted by molar-refractivity contribution is -0.123. The number of hydrogen-bond acceptors (Lipinski definition) is 2. The molecule has 36 valence electrons. The maximum Gasteiger partial charge on any atom is 0.242 e. The van der Waals surface area contributed by atoms with Crippen molar-refractivity contribution in [3.05, 3.63) is 0 Å². The Morgan fingerprint density at radius 2 is 2.17 bits per heavy atom. The summed E-state index contributed by atoms with van der Waals surface area (Å²) in [5, 5.41) is 0. The third-order valence-electron chi connectivity index (χ3n) is 0.301. The Hall–Kier alpha value is 0.160. The lowest BCUT2D eigenvalue weighted by atomic mass is 10.8. The molecule has 2 N–H and O–H groups in total. The maximum atomic E-state index is 9.94. The molecule has 0 aliphatic heterocycles. The van der Waals surface area contributed by atoms with Crippen LogP contribution in [0.1, 0.15) is 6.92 Å². The van der Waals surface area contributed by atoms with Gasteiger partial charge in [0.05, 0.1) is 22.9 Å². The summed E-state index contributed by atoms with van der Waals surface area (Å²) in [5.41, 5.74) is 0. The summed E-state index contributed by atoms with van der Waals surface area (Å²) in [6.45, 7) is 1.40. The van der Waals surface area contributed by atoms with Crippen LogP contribution in [0, 0.1) is 0 Å². The normalized spacial score (nSPS) is 7.83. The SMILES string of the molecule is CC(=O)N(N)I. The lowest BCUT2D eigenvalue weighted by Crippen LogP contribution is -2.23. The number of carbonyl (C=O) groups excluding carboxylic acids is 1. The van der Waals surface area contributed by atoms with Crippen LogP contribution in [-0.2, 0) is 4.79 Å². The van der Waals surface area contributed by atoms with E-state index in [0.29, 0.717) is 0 Å². The summed E-state index contributed by atoms with van der Waals surface area (Å²) in [6, 6.07) is 0. The zero-order valence-corrected chi connectivity index (χ0v) is 5.47. The van der Waals surface area contributed by atoms with E-state index in [1.807, 2.05) is 0 Å². The van der Waals surface area contributed by atoms with Crippen molar-refractivity contribution >= 4 is 28.8 Å². The molecule has 0 aliphatic rings. The van der Waals surface area contributed by atoms with Crippen LogP contribution < -0.4 is 5.84 Å². The largest absolute Gasteiger partial charge is 0.273 e. The molecular weight excluding hydrogens is 195 g/mol. The third kappa shape index (κ3) is 2.40. The molecule has 0 aromatic carbocycles. The predicted molar refractivity (Wildman–Crippen MR) is 30.7 cm³/mol. The van der Waals surface area contributed by atoms with E-state index < -0.39 is 0 Å². The van der Waals surface area contributed by atoms with Crippen molar-refractivity contribution in [1.29, 1.82) is 0 Å². The average molecular weight is 200 g/mol. The summed E-state index contributed by atoms with van der Waals surface area (Å²) in [6.07, 6.45) is 0. The fourth-order valence-corrected chi connectivity index (χ4v) is 0. The highest BCUT2D eigenvalue weighted by Gasteiger charge is 1.91. The number of hydrazine groups is 1. The Kier molecular flexibility index (Phi) is 2.42. The molecule has 1 amide bonds. The summed E-state index contributed by atoms with van der Waals surface area (Å²) < 4.78 is 0.998.